The van der Waals surface area contributed by atoms with Gasteiger partial charge in [-0.25, -0.2) is 4.98 Å². The summed E-state index contributed by atoms with van der Waals surface area (Å²) in [5.74, 6) is 0. The molecule has 1 N–H and O–H groups in total. The summed E-state index contributed by atoms with van der Waals surface area (Å²) in [6.07, 6.45) is -3.06. The van der Waals surface area contributed by atoms with Crippen LogP contribution in [0.3, 0.4) is 0 Å². The van der Waals surface area contributed by atoms with Crippen LogP contribution in [0.1, 0.15) is 5.69 Å². The number of pyridine rings is 2. The standard InChI is InChI=1S/C18H10BrF3N6O/c1-27-7-9-8-5-6-12(18(20,21)22)23-16(8)28(17(29)14(9)26-27)11-4-2-3-10-13(11)15(19)25-24-10/h2-7H,1H3,(H,24,25). The lowest BCUT2D eigenvalue weighted by Gasteiger charge is -2.13. The van der Waals surface area contributed by atoms with Gasteiger partial charge in [-0.2, -0.15) is 23.4 Å². The maximum absolute atomic E-state index is 13.3. The Balaban J connectivity index is 2.03. The molecule has 4 aromatic heterocycles. The van der Waals surface area contributed by atoms with E-state index < -0.39 is 17.4 Å². The molecule has 5 aromatic rings. The fourth-order valence-electron chi connectivity index (χ4n) is 3.45. The summed E-state index contributed by atoms with van der Waals surface area (Å²) in [5, 5.41) is 12.5. The van der Waals surface area contributed by atoms with Gasteiger partial charge in [-0.15, -0.1) is 0 Å². The highest BCUT2D eigenvalue weighted by atomic mass is 79.9. The smallest absolute Gasteiger partial charge is 0.274 e. The van der Waals surface area contributed by atoms with E-state index in [1.807, 2.05) is 0 Å². The lowest BCUT2D eigenvalue weighted by atomic mass is 10.1. The molecule has 0 radical (unpaired) electrons. The number of fused-ring (bicyclic) bond motifs is 4. The first kappa shape index (κ1) is 17.9. The molecule has 5 rings (SSSR count). The Labute approximate surface area is 167 Å². The van der Waals surface area contributed by atoms with Crippen LogP contribution >= 0.6 is 15.9 Å². The number of rotatable bonds is 1. The summed E-state index contributed by atoms with van der Waals surface area (Å²) in [6, 6.07) is 7.23. The third kappa shape index (κ3) is 2.57. The molecule has 0 bridgehead atoms. The molecule has 0 saturated heterocycles. The van der Waals surface area contributed by atoms with Gasteiger partial charge in [0, 0.05) is 24.0 Å². The van der Waals surface area contributed by atoms with E-state index in [2.05, 4.69) is 36.2 Å². The number of aromatic amines is 1. The second kappa shape index (κ2) is 5.89. The van der Waals surface area contributed by atoms with Gasteiger partial charge in [0.2, 0.25) is 0 Å². The van der Waals surface area contributed by atoms with Gasteiger partial charge in [0.25, 0.3) is 5.56 Å². The minimum Gasteiger partial charge on any atom is -0.274 e. The zero-order valence-corrected chi connectivity index (χ0v) is 16.2. The molecule has 0 spiro atoms. The first-order valence-corrected chi connectivity index (χ1v) is 9.14. The summed E-state index contributed by atoms with van der Waals surface area (Å²) in [6.45, 7) is 0. The maximum Gasteiger partial charge on any atom is 0.433 e. The van der Waals surface area contributed by atoms with E-state index in [-0.39, 0.29) is 11.2 Å². The maximum atomic E-state index is 13.3. The largest absolute Gasteiger partial charge is 0.433 e. The molecule has 29 heavy (non-hydrogen) atoms. The summed E-state index contributed by atoms with van der Waals surface area (Å²) in [4.78, 5) is 17.1. The van der Waals surface area contributed by atoms with Crippen molar-refractivity contribution in [2.45, 2.75) is 6.18 Å². The van der Waals surface area contributed by atoms with Crippen molar-refractivity contribution in [1.29, 1.82) is 0 Å². The van der Waals surface area contributed by atoms with Crippen LogP contribution in [0.15, 0.2) is 45.9 Å². The third-order valence-electron chi connectivity index (χ3n) is 4.66. The molecule has 0 aliphatic carbocycles. The molecule has 0 aliphatic rings. The van der Waals surface area contributed by atoms with Crippen molar-refractivity contribution in [3.63, 3.8) is 0 Å². The van der Waals surface area contributed by atoms with Crippen molar-refractivity contribution < 1.29 is 13.2 Å². The molecule has 1 aromatic carbocycles. The van der Waals surface area contributed by atoms with Gasteiger partial charge in [0.15, 0.2) is 5.52 Å². The van der Waals surface area contributed by atoms with Gasteiger partial charge in [-0.3, -0.25) is 19.1 Å². The number of nitrogens with one attached hydrogen (secondary N) is 1. The highest BCUT2D eigenvalue weighted by molar-refractivity contribution is 9.10. The van der Waals surface area contributed by atoms with Crippen molar-refractivity contribution in [3.05, 3.63) is 57.2 Å². The molecule has 7 nitrogen and oxygen atoms in total. The molecule has 0 fully saturated rings. The average Bonchev–Trinajstić information content (AvgIpc) is 3.24. The van der Waals surface area contributed by atoms with Crippen LogP contribution in [0, 0.1) is 0 Å². The molecule has 11 heteroatoms. The molecule has 0 atom stereocenters. The molecule has 0 amide bonds. The number of halogens is 4. The monoisotopic (exact) mass is 462 g/mol. The van der Waals surface area contributed by atoms with E-state index in [1.165, 1.54) is 10.7 Å². The Bertz CT molecular complexity index is 1500. The fraction of sp³-hybridized carbons (Fsp3) is 0.111. The molecule has 0 unspecified atom stereocenters. The molecular weight excluding hydrogens is 453 g/mol. The summed E-state index contributed by atoms with van der Waals surface area (Å²) in [7, 11) is 1.64. The molecule has 146 valence electrons. The van der Waals surface area contributed by atoms with Gasteiger partial charge in [0.05, 0.1) is 16.6 Å². The Morgan fingerprint density at radius 2 is 1.93 bits per heavy atom. The van der Waals surface area contributed by atoms with Crippen LogP contribution in [0.5, 0.6) is 0 Å². The number of hydrogen-bond acceptors (Lipinski definition) is 4. The van der Waals surface area contributed by atoms with Gasteiger partial charge < -0.3 is 0 Å². The van der Waals surface area contributed by atoms with Crippen molar-refractivity contribution in [3.8, 4) is 5.69 Å². The molecule has 0 aliphatic heterocycles. The normalized spacial score (nSPS) is 12.4. The van der Waals surface area contributed by atoms with Gasteiger partial charge in [-0.05, 0) is 40.2 Å². The molecule has 0 saturated carbocycles. The van der Waals surface area contributed by atoms with Crippen molar-refractivity contribution in [2.24, 2.45) is 7.05 Å². The summed E-state index contributed by atoms with van der Waals surface area (Å²) >= 11 is 3.35. The average molecular weight is 463 g/mol. The number of aryl methyl sites for hydroxylation is 1. The van der Waals surface area contributed by atoms with E-state index in [0.29, 0.717) is 32.0 Å². The van der Waals surface area contributed by atoms with Crippen molar-refractivity contribution in [1.82, 2.24) is 29.5 Å². The van der Waals surface area contributed by atoms with E-state index in [9.17, 15) is 18.0 Å². The fourth-order valence-corrected chi connectivity index (χ4v) is 3.95. The van der Waals surface area contributed by atoms with Crippen LogP contribution in [-0.4, -0.2) is 29.5 Å². The van der Waals surface area contributed by atoms with Crippen LogP contribution in [0.25, 0.3) is 38.5 Å². The first-order valence-electron chi connectivity index (χ1n) is 8.35. The highest BCUT2D eigenvalue weighted by Gasteiger charge is 2.33. The Morgan fingerprint density at radius 1 is 1.14 bits per heavy atom. The number of nitrogens with zero attached hydrogens (tertiary/aromatic N) is 5. The topological polar surface area (TPSA) is 81.4 Å². The Morgan fingerprint density at radius 3 is 2.69 bits per heavy atom. The van der Waals surface area contributed by atoms with E-state index in [4.69, 9.17) is 0 Å². The lowest BCUT2D eigenvalue weighted by Crippen LogP contribution is -2.21. The summed E-state index contributed by atoms with van der Waals surface area (Å²) in [5.41, 5.74) is -0.732. The van der Waals surface area contributed by atoms with Crippen LogP contribution in [-0.2, 0) is 13.2 Å². The SMILES string of the molecule is Cn1cc2c(n1)c(=O)n(-c1cccc3n[nH]c(Br)c13)c1nc(C(F)(F)F)ccc21. The van der Waals surface area contributed by atoms with E-state index >= 15 is 0 Å². The highest BCUT2D eigenvalue weighted by Crippen LogP contribution is 2.33. The van der Waals surface area contributed by atoms with Gasteiger partial charge in [-0.1, -0.05) is 6.07 Å². The number of aromatic nitrogens is 6. The molecular formula is C18H10BrF3N6O. The second-order valence-electron chi connectivity index (χ2n) is 6.48. The quantitative estimate of drug-likeness (QED) is 0.409. The van der Waals surface area contributed by atoms with Gasteiger partial charge in [0.1, 0.15) is 15.9 Å². The van der Waals surface area contributed by atoms with Gasteiger partial charge >= 0.3 is 6.18 Å². The van der Waals surface area contributed by atoms with E-state index in [1.54, 1.807) is 31.4 Å². The predicted octanol–water partition coefficient (Wildman–Crippen LogP) is 3.93. The van der Waals surface area contributed by atoms with Crippen molar-refractivity contribution in [2.75, 3.05) is 0 Å². The zero-order chi connectivity index (χ0) is 20.5. The minimum atomic E-state index is -4.65. The van der Waals surface area contributed by atoms with Crippen LogP contribution in [0.4, 0.5) is 13.2 Å². The number of alkyl halides is 3. The predicted molar refractivity (Wildman–Crippen MR) is 104 cm³/mol. The second-order valence-corrected chi connectivity index (χ2v) is 7.27. The van der Waals surface area contributed by atoms with Crippen LogP contribution < -0.4 is 5.56 Å². The Kier molecular flexibility index (Phi) is 3.63. The number of H-pyrrole nitrogens is 1. The van der Waals surface area contributed by atoms with E-state index in [0.717, 1.165) is 10.6 Å². The third-order valence-corrected chi connectivity index (χ3v) is 5.23. The number of benzene rings is 1. The zero-order valence-electron chi connectivity index (χ0n) is 14.6. The van der Waals surface area contributed by atoms with Crippen LogP contribution in [0.2, 0.25) is 0 Å². The Hall–Kier alpha value is -3.21. The van der Waals surface area contributed by atoms with Crippen molar-refractivity contribution >= 4 is 48.8 Å². The number of hydrogen-bond donors (Lipinski definition) is 1. The lowest BCUT2D eigenvalue weighted by molar-refractivity contribution is -0.141. The summed E-state index contributed by atoms with van der Waals surface area (Å²) < 4.78 is 43.1. The minimum absolute atomic E-state index is 0.106. The molecule has 4 heterocycles. The first-order chi connectivity index (χ1) is 13.8.